The number of alkyl halides is 6. The van der Waals surface area contributed by atoms with E-state index in [4.69, 9.17) is 188 Å². The summed E-state index contributed by atoms with van der Waals surface area (Å²) in [5, 5.41) is 22.7. The van der Waals surface area contributed by atoms with E-state index in [1.807, 2.05) is 0 Å². The number of nitrogens with zero attached hydrogens (tertiary/aromatic N) is 21. The Morgan fingerprint density at radius 2 is 0.548 bits per heavy atom. The third kappa shape index (κ3) is 18.7. The number of pyridine rings is 3. The average molecular weight is 2130 g/mol. The Hall–Kier alpha value is -7.98. The molecule has 9 saturated heterocycles. The minimum atomic E-state index is -4.37. The number of ether oxygens (including phenoxy) is 6. The van der Waals surface area contributed by atoms with Gasteiger partial charge in [-0.25, -0.2) is 56.2 Å². The van der Waals surface area contributed by atoms with E-state index in [-0.39, 0.29) is 102 Å². The summed E-state index contributed by atoms with van der Waals surface area (Å²) in [6, 6.07) is 4.55. The lowest BCUT2D eigenvalue weighted by atomic mass is 10.1. The van der Waals surface area contributed by atoms with Crippen LogP contribution in [-0.2, 0) is 154 Å². The molecule has 9 aliphatic rings. The minimum absolute atomic E-state index is 0.195. The molecule has 75 heteroatoms. The summed E-state index contributed by atoms with van der Waals surface area (Å²) in [7, 11) is 0. The largest absolute Gasteiger partial charge is 0.397 e. The number of nitrogen functional groups attached to an aromatic ring is 6. The summed E-state index contributed by atoms with van der Waals surface area (Å²) < 4.78 is 203. The Morgan fingerprint density at radius 3 is 0.800 bits per heavy atom. The third-order valence-electron chi connectivity index (χ3n) is 21.6. The first-order chi connectivity index (χ1) is 63.9. The van der Waals surface area contributed by atoms with Crippen molar-refractivity contribution in [1.82, 2.24) is 118 Å². The zero-order valence-electron chi connectivity index (χ0n) is 66.8. The van der Waals surface area contributed by atoms with Gasteiger partial charge in [0.05, 0.1) is 75.7 Å². The topological polar surface area (TPSA) is 765 Å². The monoisotopic (exact) mass is 2130 g/mol. The van der Waals surface area contributed by atoms with Crippen LogP contribution < -0.4 is 51.1 Å². The van der Waals surface area contributed by atoms with Crippen LogP contribution >= 0.6 is 40.3 Å². The molecule has 6 bridgehead atoms. The Kier molecular flexibility index (Phi) is 26.0. The van der Waals surface area contributed by atoms with Gasteiger partial charge in [-0.2, -0.15) is 29.0 Å². The highest BCUT2D eigenvalue weighted by atomic mass is 32.5. The lowest BCUT2D eigenvalue weighted by Gasteiger charge is -2.27. The smallest absolute Gasteiger partial charge is 0.325 e. The van der Waals surface area contributed by atoms with Crippen molar-refractivity contribution in [1.29, 1.82) is 0 Å². The van der Waals surface area contributed by atoms with Crippen LogP contribution in [0.4, 0.5) is 61.2 Å². The van der Waals surface area contributed by atoms with Gasteiger partial charge in [-0.05, 0) is 89.0 Å². The summed E-state index contributed by atoms with van der Waals surface area (Å²) in [6.45, 7) is -30.2. The number of hydrogen-bond donors (Lipinski definition) is 15. The van der Waals surface area contributed by atoms with Crippen LogP contribution in [0.15, 0.2) is 70.2 Å². The number of fused-ring (bicyclic) bond motifs is 15. The van der Waals surface area contributed by atoms with Crippen molar-refractivity contribution >= 4 is 213 Å². The fourth-order valence-corrected chi connectivity index (χ4v) is 24.1. The molecule has 9 fully saturated rings. The summed E-state index contributed by atoms with van der Waals surface area (Å²) in [6.07, 6.45) is -32.1. The number of imidazole rings is 3. The van der Waals surface area contributed by atoms with Gasteiger partial charge < -0.3 is 119 Å². The maximum atomic E-state index is 16.0. The number of hydrogen-bond acceptors (Lipinski definition) is 48. The number of aromatic nitrogens is 24. The molecule has 0 saturated carbocycles. The Morgan fingerprint density at radius 1 is 0.319 bits per heavy atom. The average Bonchev–Trinajstić information content (AvgIpc) is 1.63. The van der Waals surface area contributed by atoms with E-state index in [2.05, 4.69) is 90.7 Å². The second kappa shape index (κ2) is 36.6. The maximum Gasteiger partial charge on any atom is 0.325 e. The van der Waals surface area contributed by atoms with Crippen LogP contribution in [0.5, 0.6) is 0 Å². The molecule has 0 aromatic carbocycles. The molecule has 21 N–H and O–H groups in total. The van der Waals surface area contributed by atoms with Crippen LogP contribution in [0.25, 0.3) is 67.0 Å². The van der Waals surface area contributed by atoms with E-state index >= 15 is 26.3 Å². The Balaban J connectivity index is 0.000000130. The number of H-pyrrole nitrogens is 3. The van der Waals surface area contributed by atoms with E-state index in [0.29, 0.717) is 0 Å². The van der Waals surface area contributed by atoms with Crippen molar-refractivity contribution in [3.63, 3.8) is 0 Å². The predicted molar refractivity (Wildman–Crippen MR) is 464 cm³/mol. The number of rotatable bonds is 6. The van der Waals surface area contributed by atoms with E-state index < -0.39 is 244 Å². The molecular weight excluding hydrogens is 2070 g/mol. The van der Waals surface area contributed by atoms with E-state index in [9.17, 15) is 43.7 Å². The SMILES string of the molecule is Nc1nc2c(nnn2[C@@H]2O[C@@H]3COP(O)(=S)O[C@H]4[C@H](F)[C@H](n5cnc6c(N)ccnc65)O[C@@H]4COP(O)(=S)O[C@@H]2[C@H]3F)c(=O)[nH]1.Nc1nc2c(nnn2[C@@H]2O[C@@H]3COP(O)(=S)O[C@H]4[C@H](F)[C@H](n5cnc6c(N)ccnc65)O[C@@H]4COP(O)(=S)O[C@@H]2[C@H]3F)c(=O)[nH]1.Nc1nc2c(nnn2[C@@H]2O[C@@H]3COP(O)(=S)O[C@H]4[C@H](F)[C@H](n5cnc6c(N)ccnc65)O[C@@H]4COP(O)(=S)O[C@@H]2[C@H]3F)c(=O)[nH]1. The molecule has 12 aromatic rings. The summed E-state index contributed by atoms with van der Waals surface area (Å²) in [5.74, 6) is -0.882. The van der Waals surface area contributed by atoms with E-state index in [1.54, 1.807) is 0 Å². The predicted octanol–water partition coefficient (Wildman–Crippen LogP) is -0.463. The number of aromatic amines is 3. The molecule has 726 valence electrons. The number of nitrogens with one attached hydrogen (secondary N) is 3. The van der Waals surface area contributed by atoms with E-state index in [0.717, 1.165) is 14.0 Å². The molecule has 0 spiro atoms. The van der Waals surface area contributed by atoms with Gasteiger partial charge in [-0.3, -0.25) is 70.2 Å². The molecule has 30 atom stereocenters. The molecular formula is C60H66F6N30O27P6S6. The zero-order chi connectivity index (χ0) is 95.5. The number of halogens is 6. The Labute approximate surface area is 774 Å². The second-order valence-electron chi connectivity index (χ2n) is 30.2. The van der Waals surface area contributed by atoms with Gasteiger partial charge in [0, 0.05) is 18.6 Å². The van der Waals surface area contributed by atoms with Crippen LogP contribution in [-0.4, -0.2) is 298 Å². The molecule has 12 aromatic heterocycles. The van der Waals surface area contributed by atoms with Gasteiger partial charge in [0.1, 0.15) is 89.8 Å². The quantitative estimate of drug-likeness (QED) is 0.0739. The van der Waals surface area contributed by atoms with Crippen LogP contribution in [0.2, 0.25) is 0 Å². The van der Waals surface area contributed by atoms with Gasteiger partial charge in [0.25, 0.3) is 16.7 Å². The van der Waals surface area contributed by atoms with Crippen LogP contribution in [0.1, 0.15) is 37.4 Å². The summed E-state index contributed by atoms with van der Waals surface area (Å²) in [4.78, 5) is 146. The molecule has 9 aliphatic heterocycles. The highest BCUT2D eigenvalue weighted by molar-refractivity contribution is 8.08. The first-order valence-electron chi connectivity index (χ1n) is 38.7. The fourth-order valence-electron chi connectivity index (χ4n) is 15.6. The lowest BCUT2D eigenvalue weighted by molar-refractivity contribution is -0.0639. The van der Waals surface area contributed by atoms with Gasteiger partial charge in [-0.15, -0.1) is 15.3 Å². The normalized spacial score (nSPS) is 37.7. The number of anilines is 6. The third-order valence-corrected chi connectivity index (χ3v) is 31.0. The molecule has 57 nitrogen and oxygen atoms in total. The summed E-state index contributed by atoms with van der Waals surface area (Å²) >= 11 is 30.8. The van der Waals surface area contributed by atoms with Crippen LogP contribution in [0, 0.1) is 0 Å². The maximum absolute atomic E-state index is 16.0. The first-order valence-corrected chi connectivity index (χ1v) is 54.2. The number of nitrogens with two attached hydrogens (primary N) is 6. The standard InChI is InChI=1S/3C20H22F2N10O9P2S2/c3*21-9-7-3-36-42(34,44)40-13-8(39-18(10(13)22)31-5-26-11-6(23)1-2-25-15(11)31)4-37-43(35,45)41-14(9)19(38-7)32-16-12(29-30-32)17(33)28-20(24)27-16/h3*1-2,5,7-10,13-14,18-19H,3-4H2,(H2,23,25)(H,34,44)(H,35,45)(H3,24,27,28,33)/t3*7-,8-,9+,10+,13-,14-,18-,19-,42?,43?/m111/s1. The molecule has 21 heterocycles. The molecule has 0 radical (unpaired) electrons. The van der Waals surface area contributed by atoms with Gasteiger partial charge in [0.15, 0.2) is 125 Å². The molecule has 6 unspecified atom stereocenters. The van der Waals surface area contributed by atoms with E-state index in [1.165, 1.54) is 69.5 Å². The van der Waals surface area contributed by atoms with Crippen molar-refractivity contribution in [3.05, 3.63) is 86.8 Å². The molecule has 0 amide bonds. The van der Waals surface area contributed by atoms with Crippen LogP contribution in [0.3, 0.4) is 0 Å². The van der Waals surface area contributed by atoms with Gasteiger partial charge in [0.2, 0.25) is 17.8 Å². The van der Waals surface area contributed by atoms with Gasteiger partial charge in [-0.1, -0.05) is 15.6 Å². The van der Waals surface area contributed by atoms with Crippen molar-refractivity contribution in [2.24, 2.45) is 0 Å². The molecule has 135 heavy (non-hydrogen) atoms. The highest BCUT2D eigenvalue weighted by Gasteiger charge is 2.59. The van der Waals surface area contributed by atoms with Crippen molar-refractivity contribution in [2.45, 2.75) is 148 Å². The first kappa shape index (κ1) is 95.9. The lowest BCUT2D eigenvalue weighted by Crippen LogP contribution is -2.34. The molecule has 0 aliphatic carbocycles. The Bertz CT molecular complexity index is 6510. The summed E-state index contributed by atoms with van der Waals surface area (Å²) in [5.41, 5.74) is 33.6. The zero-order valence-corrected chi connectivity index (χ0v) is 77.1. The van der Waals surface area contributed by atoms with Gasteiger partial charge >= 0.3 is 40.3 Å². The second-order valence-corrected chi connectivity index (χ2v) is 47.0. The van der Waals surface area contributed by atoms with Crippen molar-refractivity contribution < 1.29 is 138 Å². The van der Waals surface area contributed by atoms with Crippen molar-refractivity contribution in [3.8, 4) is 0 Å². The fraction of sp³-hybridized carbons (Fsp3) is 0.500. The minimum Gasteiger partial charge on any atom is -0.397 e. The highest BCUT2D eigenvalue weighted by Crippen LogP contribution is 2.60. The van der Waals surface area contributed by atoms with Crippen molar-refractivity contribution in [2.75, 3.05) is 74.0 Å². The molecule has 21 rings (SSSR count).